The van der Waals surface area contributed by atoms with E-state index >= 15 is 0 Å². The molecule has 0 saturated heterocycles. The van der Waals surface area contributed by atoms with Gasteiger partial charge in [-0.1, -0.05) is 6.07 Å². The number of hydrogen-bond donors (Lipinski definition) is 2. The molecule has 0 aromatic carbocycles. The highest BCUT2D eigenvalue weighted by molar-refractivity contribution is 9.10. The summed E-state index contributed by atoms with van der Waals surface area (Å²) in [5, 5.41) is 13.1. The summed E-state index contributed by atoms with van der Waals surface area (Å²) in [7, 11) is 1.62. The number of aliphatic hydroxyl groups is 1. The van der Waals surface area contributed by atoms with Crippen molar-refractivity contribution in [2.75, 3.05) is 25.6 Å². The van der Waals surface area contributed by atoms with Crippen molar-refractivity contribution >= 4 is 21.7 Å². The lowest BCUT2D eigenvalue weighted by molar-refractivity contribution is 0.0357. The zero-order chi connectivity index (χ0) is 12.0. The summed E-state index contributed by atoms with van der Waals surface area (Å²) in [5.74, 6) is 0.743. The molecule has 5 heteroatoms. The number of hydrogen-bond acceptors (Lipinski definition) is 4. The van der Waals surface area contributed by atoms with E-state index in [1.807, 2.05) is 18.2 Å². The standard InChI is InChI=1S/C11H17BrN2O2/c1-11(15,6-7-16-2)8-13-10-5-3-4-9(12)14-10/h3-5,15H,6-8H2,1-2H3,(H,13,14). The van der Waals surface area contributed by atoms with Crippen LogP contribution >= 0.6 is 15.9 Å². The summed E-state index contributed by atoms with van der Waals surface area (Å²) in [6.45, 7) is 2.76. The van der Waals surface area contributed by atoms with Crippen LogP contribution in [0, 0.1) is 0 Å². The van der Waals surface area contributed by atoms with Crippen LogP contribution in [-0.4, -0.2) is 36.0 Å². The van der Waals surface area contributed by atoms with Crippen molar-refractivity contribution in [3.05, 3.63) is 22.8 Å². The summed E-state index contributed by atoms with van der Waals surface area (Å²) >= 11 is 3.29. The Labute approximate surface area is 104 Å². The molecule has 2 N–H and O–H groups in total. The Morgan fingerprint density at radius 1 is 1.56 bits per heavy atom. The highest BCUT2D eigenvalue weighted by atomic mass is 79.9. The van der Waals surface area contributed by atoms with E-state index in [-0.39, 0.29) is 0 Å². The Kier molecular flexibility index (Phi) is 5.18. The van der Waals surface area contributed by atoms with Crippen LogP contribution in [0.15, 0.2) is 22.8 Å². The lowest BCUT2D eigenvalue weighted by Gasteiger charge is -2.23. The maximum absolute atomic E-state index is 9.99. The third-order valence-corrected chi connectivity index (χ3v) is 2.65. The Morgan fingerprint density at radius 2 is 2.31 bits per heavy atom. The van der Waals surface area contributed by atoms with Crippen LogP contribution in [0.1, 0.15) is 13.3 Å². The van der Waals surface area contributed by atoms with E-state index < -0.39 is 5.60 Å². The molecule has 16 heavy (non-hydrogen) atoms. The summed E-state index contributed by atoms with van der Waals surface area (Å²) in [5.41, 5.74) is -0.792. The molecule has 0 saturated carbocycles. The number of aromatic nitrogens is 1. The molecule has 0 amide bonds. The maximum atomic E-state index is 9.99. The molecule has 1 aromatic rings. The number of ether oxygens (including phenoxy) is 1. The van der Waals surface area contributed by atoms with Crippen molar-refractivity contribution in [2.24, 2.45) is 0 Å². The average molecular weight is 289 g/mol. The molecular weight excluding hydrogens is 272 g/mol. The summed E-state index contributed by atoms with van der Waals surface area (Å²) in [6, 6.07) is 5.61. The van der Waals surface area contributed by atoms with Gasteiger partial charge in [-0.15, -0.1) is 0 Å². The predicted octanol–water partition coefficient (Wildman–Crippen LogP) is 2.04. The fourth-order valence-electron chi connectivity index (χ4n) is 1.20. The van der Waals surface area contributed by atoms with Gasteiger partial charge in [-0.2, -0.15) is 0 Å². The number of anilines is 1. The monoisotopic (exact) mass is 288 g/mol. The van der Waals surface area contributed by atoms with E-state index in [4.69, 9.17) is 4.74 Å². The largest absolute Gasteiger partial charge is 0.388 e. The van der Waals surface area contributed by atoms with Crippen LogP contribution in [0.5, 0.6) is 0 Å². The first-order valence-electron chi connectivity index (χ1n) is 5.11. The molecule has 1 aromatic heterocycles. The molecule has 0 aliphatic carbocycles. The quantitative estimate of drug-likeness (QED) is 0.787. The number of nitrogens with zero attached hydrogens (tertiary/aromatic N) is 1. The van der Waals surface area contributed by atoms with E-state index in [1.54, 1.807) is 14.0 Å². The molecule has 1 rings (SSSR count). The molecule has 0 bridgehead atoms. The third-order valence-electron chi connectivity index (χ3n) is 2.21. The van der Waals surface area contributed by atoms with Gasteiger partial charge in [-0.25, -0.2) is 4.98 Å². The zero-order valence-corrected chi connectivity index (χ0v) is 11.1. The van der Waals surface area contributed by atoms with Crippen molar-refractivity contribution in [3.8, 4) is 0 Å². The van der Waals surface area contributed by atoms with Crippen LogP contribution in [0.25, 0.3) is 0 Å². The Hall–Kier alpha value is -0.650. The zero-order valence-electron chi connectivity index (χ0n) is 9.53. The van der Waals surface area contributed by atoms with E-state index in [1.165, 1.54) is 0 Å². The first-order valence-corrected chi connectivity index (χ1v) is 5.90. The molecule has 90 valence electrons. The molecule has 0 radical (unpaired) electrons. The van der Waals surface area contributed by atoms with E-state index in [0.717, 1.165) is 10.4 Å². The summed E-state index contributed by atoms with van der Waals surface area (Å²) in [4.78, 5) is 4.22. The fourth-order valence-corrected chi connectivity index (χ4v) is 1.54. The highest BCUT2D eigenvalue weighted by Crippen LogP contribution is 2.13. The van der Waals surface area contributed by atoms with Crippen molar-refractivity contribution in [3.63, 3.8) is 0 Å². The maximum Gasteiger partial charge on any atom is 0.127 e. The van der Waals surface area contributed by atoms with Gasteiger partial charge in [0.15, 0.2) is 0 Å². The topological polar surface area (TPSA) is 54.4 Å². The Bertz CT molecular complexity index is 332. The summed E-state index contributed by atoms with van der Waals surface area (Å²) in [6.07, 6.45) is 0.588. The third kappa shape index (κ3) is 4.92. The van der Waals surface area contributed by atoms with Gasteiger partial charge < -0.3 is 15.2 Å². The number of halogens is 1. The van der Waals surface area contributed by atoms with E-state index in [2.05, 4.69) is 26.2 Å². The lowest BCUT2D eigenvalue weighted by atomic mass is 10.0. The molecule has 0 aliphatic heterocycles. The van der Waals surface area contributed by atoms with Gasteiger partial charge >= 0.3 is 0 Å². The first kappa shape index (κ1) is 13.4. The molecule has 0 spiro atoms. The normalized spacial score (nSPS) is 14.5. The van der Waals surface area contributed by atoms with Crippen LogP contribution in [0.2, 0.25) is 0 Å². The van der Waals surface area contributed by atoms with Crippen LogP contribution in [0.4, 0.5) is 5.82 Å². The minimum Gasteiger partial charge on any atom is -0.388 e. The van der Waals surface area contributed by atoms with Crippen LogP contribution < -0.4 is 5.32 Å². The van der Waals surface area contributed by atoms with E-state index in [9.17, 15) is 5.11 Å². The first-order chi connectivity index (χ1) is 7.53. The smallest absolute Gasteiger partial charge is 0.127 e. The molecule has 4 nitrogen and oxygen atoms in total. The van der Waals surface area contributed by atoms with Gasteiger partial charge in [-0.05, 0) is 35.0 Å². The molecule has 1 unspecified atom stereocenters. The van der Waals surface area contributed by atoms with Crippen molar-refractivity contribution in [1.29, 1.82) is 0 Å². The van der Waals surface area contributed by atoms with Crippen molar-refractivity contribution < 1.29 is 9.84 Å². The van der Waals surface area contributed by atoms with Gasteiger partial charge in [-0.3, -0.25) is 0 Å². The number of rotatable bonds is 6. The van der Waals surface area contributed by atoms with Gasteiger partial charge in [0.1, 0.15) is 10.4 Å². The van der Waals surface area contributed by atoms with Gasteiger partial charge in [0.2, 0.25) is 0 Å². The second kappa shape index (κ2) is 6.18. The Morgan fingerprint density at radius 3 is 2.94 bits per heavy atom. The molecule has 1 heterocycles. The van der Waals surface area contributed by atoms with Crippen molar-refractivity contribution in [2.45, 2.75) is 18.9 Å². The van der Waals surface area contributed by atoms with Gasteiger partial charge in [0.05, 0.1) is 5.60 Å². The number of pyridine rings is 1. The minimum absolute atomic E-state index is 0.444. The van der Waals surface area contributed by atoms with E-state index in [0.29, 0.717) is 19.6 Å². The summed E-state index contributed by atoms with van der Waals surface area (Å²) < 4.78 is 5.71. The second-order valence-electron chi connectivity index (χ2n) is 3.94. The second-order valence-corrected chi connectivity index (χ2v) is 4.75. The number of methoxy groups -OCH3 is 1. The highest BCUT2D eigenvalue weighted by Gasteiger charge is 2.19. The minimum atomic E-state index is -0.792. The van der Waals surface area contributed by atoms with Crippen molar-refractivity contribution in [1.82, 2.24) is 4.98 Å². The number of nitrogens with one attached hydrogen (secondary N) is 1. The van der Waals surface area contributed by atoms with Crippen LogP contribution in [-0.2, 0) is 4.74 Å². The SMILES string of the molecule is COCCC(C)(O)CNc1cccc(Br)n1. The Balaban J connectivity index is 2.44. The van der Waals surface area contributed by atoms with Gasteiger partial charge in [0, 0.05) is 26.7 Å². The average Bonchev–Trinajstić information content (AvgIpc) is 2.24. The molecule has 0 aliphatic rings. The fraction of sp³-hybridized carbons (Fsp3) is 0.545. The van der Waals surface area contributed by atoms with Crippen LogP contribution in [0.3, 0.4) is 0 Å². The molecule has 1 atom stereocenters. The lowest BCUT2D eigenvalue weighted by Crippen LogP contribution is -2.34. The molecule has 0 fully saturated rings. The molecular formula is C11H17BrN2O2. The van der Waals surface area contributed by atoms with Gasteiger partial charge in [0.25, 0.3) is 0 Å². The predicted molar refractivity (Wildman–Crippen MR) is 67.5 cm³/mol.